The third-order valence-corrected chi connectivity index (χ3v) is 4.18. The first-order chi connectivity index (χ1) is 12.2. The number of amides is 1. The summed E-state index contributed by atoms with van der Waals surface area (Å²) < 4.78 is 5.59. The zero-order valence-corrected chi connectivity index (χ0v) is 14.5. The van der Waals surface area contributed by atoms with Crippen molar-refractivity contribution < 1.29 is 9.53 Å². The smallest absolute Gasteiger partial charge is 0.257 e. The molecular weight excluding hydrogens is 310 g/mol. The number of hydrogen-bond donors (Lipinski definition) is 1. The Morgan fingerprint density at radius 1 is 0.960 bits per heavy atom. The van der Waals surface area contributed by atoms with Crippen molar-refractivity contribution in [2.24, 2.45) is 0 Å². The molecule has 0 unspecified atom stereocenters. The number of carbonyl (C=O) groups excluding carboxylic acids is 1. The lowest BCUT2D eigenvalue weighted by molar-refractivity contribution is -0.123. The van der Waals surface area contributed by atoms with E-state index >= 15 is 0 Å². The zero-order chi connectivity index (χ0) is 17.5. The third kappa shape index (κ3) is 5.08. The normalized spacial score (nSPS) is 10.6. The van der Waals surface area contributed by atoms with Gasteiger partial charge in [-0.05, 0) is 48.2 Å². The summed E-state index contributed by atoms with van der Waals surface area (Å²) in [4.78, 5) is 11.9. The highest BCUT2D eigenvalue weighted by Gasteiger charge is 2.03. The van der Waals surface area contributed by atoms with Crippen LogP contribution in [0.2, 0.25) is 0 Å². The van der Waals surface area contributed by atoms with Crippen LogP contribution in [-0.2, 0) is 11.2 Å². The monoisotopic (exact) mass is 333 g/mol. The first-order valence-electron chi connectivity index (χ1n) is 8.64. The number of nitrogens with one attached hydrogen (secondary N) is 1. The van der Waals surface area contributed by atoms with Crippen molar-refractivity contribution in [2.75, 3.05) is 13.2 Å². The maximum Gasteiger partial charge on any atom is 0.257 e. The fourth-order valence-electron chi connectivity index (χ4n) is 2.73. The van der Waals surface area contributed by atoms with Gasteiger partial charge in [-0.3, -0.25) is 4.79 Å². The Morgan fingerprint density at radius 3 is 2.52 bits per heavy atom. The molecule has 0 saturated heterocycles. The molecule has 0 fully saturated rings. The van der Waals surface area contributed by atoms with E-state index in [1.54, 1.807) is 0 Å². The lowest BCUT2D eigenvalue weighted by Gasteiger charge is -2.08. The minimum atomic E-state index is -0.0861. The van der Waals surface area contributed by atoms with Crippen LogP contribution in [0.15, 0.2) is 66.7 Å². The highest BCUT2D eigenvalue weighted by molar-refractivity contribution is 5.84. The Labute approximate surface area is 148 Å². The molecule has 3 rings (SSSR count). The zero-order valence-electron chi connectivity index (χ0n) is 14.5. The van der Waals surface area contributed by atoms with Crippen LogP contribution in [0.3, 0.4) is 0 Å². The van der Waals surface area contributed by atoms with Gasteiger partial charge in [-0.25, -0.2) is 0 Å². The standard InChI is InChI=1S/C22H23NO2/c1-17-8-10-18(11-9-17)5-4-14-23-22(24)16-25-21-13-12-19-6-2-3-7-20(19)15-21/h2-3,6-13,15H,4-5,14,16H2,1H3,(H,23,24). The summed E-state index contributed by atoms with van der Waals surface area (Å²) in [5.41, 5.74) is 2.56. The predicted molar refractivity (Wildman–Crippen MR) is 102 cm³/mol. The number of rotatable bonds is 7. The second kappa shape index (κ2) is 8.34. The van der Waals surface area contributed by atoms with Crippen LogP contribution < -0.4 is 10.1 Å². The van der Waals surface area contributed by atoms with Crippen molar-refractivity contribution in [3.05, 3.63) is 77.9 Å². The fraction of sp³-hybridized carbons (Fsp3) is 0.227. The molecule has 0 aliphatic rings. The first kappa shape index (κ1) is 17.0. The van der Waals surface area contributed by atoms with Crippen molar-refractivity contribution >= 4 is 16.7 Å². The highest BCUT2D eigenvalue weighted by atomic mass is 16.5. The minimum absolute atomic E-state index is 0.0445. The van der Waals surface area contributed by atoms with Gasteiger partial charge in [0.1, 0.15) is 5.75 Å². The Morgan fingerprint density at radius 2 is 1.72 bits per heavy atom. The van der Waals surface area contributed by atoms with Gasteiger partial charge >= 0.3 is 0 Å². The second-order valence-corrected chi connectivity index (χ2v) is 6.24. The SMILES string of the molecule is Cc1ccc(CCCNC(=O)COc2ccc3ccccc3c2)cc1. The Kier molecular flexibility index (Phi) is 5.68. The van der Waals surface area contributed by atoms with Crippen molar-refractivity contribution in [3.63, 3.8) is 0 Å². The number of hydrogen-bond acceptors (Lipinski definition) is 2. The molecule has 3 aromatic carbocycles. The van der Waals surface area contributed by atoms with Gasteiger partial charge in [0.05, 0.1) is 0 Å². The molecule has 3 heteroatoms. The first-order valence-corrected chi connectivity index (χ1v) is 8.64. The second-order valence-electron chi connectivity index (χ2n) is 6.24. The largest absolute Gasteiger partial charge is 0.484 e. The third-order valence-electron chi connectivity index (χ3n) is 4.18. The van der Waals surface area contributed by atoms with E-state index in [9.17, 15) is 4.79 Å². The number of aryl methyl sites for hydroxylation is 2. The van der Waals surface area contributed by atoms with Crippen LogP contribution >= 0.6 is 0 Å². The molecule has 0 atom stereocenters. The van der Waals surface area contributed by atoms with Gasteiger partial charge in [-0.1, -0.05) is 60.2 Å². The Bertz CT molecular complexity index is 840. The van der Waals surface area contributed by atoms with Crippen LogP contribution in [0, 0.1) is 6.92 Å². The van der Waals surface area contributed by atoms with Crippen LogP contribution in [0.4, 0.5) is 0 Å². The van der Waals surface area contributed by atoms with Crippen molar-refractivity contribution in [1.82, 2.24) is 5.32 Å². The van der Waals surface area contributed by atoms with Crippen molar-refractivity contribution in [3.8, 4) is 5.75 Å². The van der Waals surface area contributed by atoms with Crippen LogP contribution in [0.25, 0.3) is 10.8 Å². The predicted octanol–water partition coefficient (Wildman–Crippen LogP) is 4.28. The minimum Gasteiger partial charge on any atom is -0.484 e. The molecule has 1 amide bonds. The van der Waals surface area contributed by atoms with Crippen molar-refractivity contribution in [1.29, 1.82) is 0 Å². The quantitative estimate of drug-likeness (QED) is 0.656. The molecule has 3 aromatic rings. The lowest BCUT2D eigenvalue weighted by Crippen LogP contribution is -2.29. The van der Waals surface area contributed by atoms with Gasteiger partial charge in [0, 0.05) is 6.54 Å². The molecule has 0 radical (unpaired) electrons. The van der Waals surface area contributed by atoms with E-state index in [0.717, 1.165) is 23.6 Å². The maximum atomic E-state index is 11.9. The number of carbonyl (C=O) groups is 1. The summed E-state index contributed by atoms with van der Waals surface area (Å²) >= 11 is 0. The van der Waals surface area contributed by atoms with Crippen LogP contribution in [0.1, 0.15) is 17.5 Å². The molecule has 1 N–H and O–H groups in total. The molecule has 0 saturated carbocycles. The van der Waals surface area contributed by atoms with E-state index in [2.05, 4.69) is 42.6 Å². The molecule has 3 nitrogen and oxygen atoms in total. The van der Waals surface area contributed by atoms with Gasteiger partial charge in [-0.2, -0.15) is 0 Å². The van der Waals surface area contributed by atoms with Crippen molar-refractivity contribution in [2.45, 2.75) is 19.8 Å². The molecule has 0 bridgehead atoms. The maximum absolute atomic E-state index is 11.9. The van der Waals surface area contributed by atoms with Crippen LogP contribution in [-0.4, -0.2) is 19.1 Å². The highest BCUT2D eigenvalue weighted by Crippen LogP contribution is 2.20. The van der Waals surface area contributed by atoms with Gasteiger partial charge < -0.3 is 10.1 Å². The van der Waals surface area contributed by atoms with E-state index in [1.165, 1.54) is 11.1 Å². The van der Waals surface area contributed by atoms with Gasteiger partial charge in [0.2, 0.25) is 0 Å². The Balaban J connectivity index is 1.39. The van der Waals surface area contributed by atoms with E-state index in [0.29, 0.717) is 12.3 Å². The number of benzene rings is 3. The molecule has 128 valence electrons. The fourth-order valence-corrected chi connectivity index (χ4v) is 2.73. The van der Waals surface area contributed by atoms with Gasteiger partial charge in [0.15, 0.2) is 6.61 Å². The number of ether oxygens (including phenoxy) is 1. The van der Waals surface area contributed by atoms with E-state index in [1.807, 2.05) is 36.4 Å². The molecule has 0 spiro atoms. The molecule has 25 heavy (non-hydrogen) atoms. The summed E-state index contributed by atoms with van der Waals surface area (Å²) in [6, 6.07) is 22.5. The summed E-state index contributed by atoms with van der Waals surface area (Å²) in [6.07, 6.45) is 1.89. The van der Waals surface area contributed by atoms with Gasteiger partial charge in [0.25, 0.3) is 5.91 Å². The summed E-state index contributed by atoms with van der Waals surface area (Å²) in [7, 11) is 0. The summed E-state index contributed by atoms with van der Waals surface area (Å²) in [6.45, 7) is 2.79. The van der Waals surface area contributed by atoms with Gasteiger partial charge in [-0.15, -0.1) is 0 Å². The molecular formula is C22H23NO2. The molecule has 0 aliphatic heterocycles. The number of fused-ring (bicyclic) bond motifs is 1. The van der Waals surface area contributed by atoms with E-state index < -0.39 is 0 Å². The average molecular weight is 333 g/mol. The topological polar surface area (TPSA) is 38.3 Å². The molecule has 0 aliphatic carbocycles. The van der Waals surface area contributed by atoms with E-state index in [4.69, 9.17) is 4.74 Å². The Hall–Kier alpha value is -2.81. The molecule has 0 heterocycles. The molecule has 0 aromatic heterocycles. The van der Waals surface area contributed by atoms with E-state index in [-0.39, 0.29) is 12.5 Å². The van der Waals surface area contributed by atoms with Crippen LogP contribution in [0.5, 0.6) is 5.75 Å². The summed E-state index contributed by atoms with van der Waals surface area (Å²) in [5, 5.41) is 5.18. The average Bonchev–Trinajstić information content (AvgIpc) is 2.65. The lowest BCUT2D eigenvalue weighted by atomic mass is 10.1. The summed E-state index contributed by atoms with van der Waals surface area (Å²) in [5.74, 6) is 0.630.